The molecule has 1 amide bonds. The zero-order valence-electron chi connectivity index (χ0n) is 17.5. The predicted octanol–water partition coefficient (Wildman–Crippen LogP) is 5.35. The first kappa shape index (κ1) is 21.4. The quantitative estimate of drug-likeness (QED) is 0.320. The van der Waals surface area contributed by atoms with Gasteiger partial charge in [-0.2, -0.15) is 5.10 Å². The average molecular weight is 453 g/mol. The zero-order valence-corrected chi connectivity index (χ0v) is 19.2. The number of rotatable bonds is 9. The second kappa shape index (κ2) is 9.98. The molecular weight excluding hydrogens is 428 g/mol. The number of aromatic nitrogens is 3. The summed E-state index contributed by atoms with van der Waals surface area (Å²) in [7, 11) is 0. The van der Waals surface area contributed by atoms with Crippen molar-refractivity contribution in [1.82, 2.24) is 14.8 Å². The van der Waals surface area contributed by atoms with Gasteiger partial charge in [0, 0.05) is 23.8 Å². The summed E-state index contributed by atoms with van der Waals surface area (Å²) in [6.07, 6.45) is 3.64. The van der Waals surface area contributed by atoms with E-state index >= 15 is 0 Å². The Morgan fingerprint density at radius 2 is 2.03 bits per heavy atom. The molecule has 0 saturated carbocycles. The van der Waals surface area contributed by atoms with Gasteiger partial charge in [-0.15, -0.1) is 11.8 Å². The fourth-order valence-corrected chi connectivity index (χ4v) is 5.09. The SMILES string of the molecule is CCOc1cccc2sc(N(CCn3cccn3)C(=O)c3ccccc3SCC)nc12. The van der Waals surface area contributed by atoms with Gasteiger partial charge in [0.1, 0.15) is 11.3 Å². The van der Waals surface area contributed by atoms with Gasteiger partial charge in [-0.05, 0) is 43.0 Å². The highest BCUT2D eigenvalue weighted by molar-refractivity contribution is 7.99. The van der Waals surface area contributed by atoms with Crippen LogP contribution >= 0.6 is 23.1 Å². The van der Waals surface area contributed by atoms with Crippen molar-refractivity contribution in [2.45, 2.75) is 25.3 Å². The molecule has 0 aliphatic rings. The maximum absolute atomic E-state index is 13.7. The average Bonchev–Trinajstić information content (AvgIpc) is 3.45. The molecular formula is C23H24N4O2S2. The number of fused-ring (bicyclic) bond motifs is 1. The van der Waals surface area contributed by atoms with Crippen LogP contribution in [0.15, 0.2) is 65.8 Å². The molecule has 0 atom stereocenters. The number of hydrogen-bond acceptors (Lipinski definition) is 6. The molecule has 2 aromatic heterocycles. The van der Waals surface area contributed by atoms with Crippen molar-refractivity contribution in [2.75, 3.05) is 23.8 Å². The highest BCUT2D eigenvalue weighted by atomic mass is 32.2. The van der Waals surface area contributed by atoms with Crippen LogP contribution < -0.4 is 9.64 Å². The Morgan fingerprint density at radius 1 is 1.16 bits per heavy atom. The van der Waals surface area contributed by atoms with E-state index in [2.05, 4.69) is 12.0 Å². The van der Waals surface area contributed by atoms with E-state index in [1.807, 2.05) is 66.3 Å². The largest absolute Gasteiger partial charge is 0.492 e. The van der Waals surface area contributed by atoms with Crippen LogP contribution in [0.1, 0.15) is 24.2 Å². The minimum Gasteiger partial charge on any atom is -0.492 e. The van der Waals surface area contributed by atoms with Crippen molar-refractivity contribution < 1.29 is 9.53 Å². The molecule has 0 fully saturated rings. The summed E-state index contributed by atoms with van der Waals surface area (Å²) in [6.45, 7) is 5.65. The molecule has 0 bridgehead atoms. The van der Waals surface area contributed by atoms with Crippen molar-refractivity contribution in [3.05, 3.63) is 66.5 Å². The Hall–Kier alpha value is -2.84. The van der Waals surface area contributed by atoms with Gasteiger partial charge in [0.25, 0.3) is 5.91 Å². The number of carbonyl (C=O) groups excluding carboxylic acids is 1. The van der Waals surface area contributed by atoms with Crippen LogP contribution in [0.4, 0.5) is 5.13 Å². The molecule has 0 saturated heterocycles. The number of thiazole rings is 1. The van der Waals surface area contributed by atoms with Crippen LogP contribution in [0.3, 0.4) is 0 Å². The monoisotopic (exact) mass is 452 g/mol. The fraction of sp³-hybridized carbons (Fsp3) is 0.261. The normalized spacial score (nSPS) is 11.0. The van der Waals surface area contributed by atoms with Crippen LogP contribution in [0, 0.1) is 0 Å². The molecule has 2 aromatic carbocycles. The number of hydrogen-bond donors (Lipinski definition) is 0. The molecule has 0 aliphatic carbocycles. The first-order valence-electron chi connectivity index (χ1n) is 10.2. The molecule has 0 radical (unpaired) electrons. The van der Waals surface area contributed by atoms with Crippen molar-refractivity contribution in [3.8, 4) is 5.75 Å². The standard InChI is InChI=1S/C23H24N4O2S2/c1-3-29-18-10-7-12-20-21(18)25-23(31-20)27(16-15-26-14-8-13-24-26)22(28)17-9-5-6-11-19(17)30-4-2/h5-14H,3-4,15-16H2,1-2H3. The van der Waals surface area contributed by atoms with Gasteiger partial charge in [0.15, 0.2) is 5.13 Å². The summed E-state index contributed by atoms with van der Waals surface area (Å²) < 4.78 is 8.57. The lowest BCUT2D eigenvalue weighted by Gasteiger charge is -2.21. The molecule has 31 heavy (non-hydrogen) atoms. The first-order valence-corrected chi connectivity index (χ1v) is 12.0. The van der Waals surface area contributed by atoms with E-state index in [0.29, 0.717) is 30.4 Å². The molecule has 4 rings (SSSR count). The van der Waals surface area contributed by atoms with E-state index < -0.39 is 0 Å². The summed E-state index contributed by atoms with van der Waals surface area (Å²) in [5, 5.41) is 4.94. The van der Waals surface area contributed by atoms with Gasteiger partial charge in [0.2, 0.25) is 0 Å². The number of amides is 1. The first-order chi connectivity index (χ1) is 15.2. The van der Waals surface area contributed by atoms with Crippen LogP contribution in [0.2, 0.25) is 0 Å². The third kappa shape index (κ3) is 4.75. The minimum absolute atomic E-state index is 0.0549. The van der Waals surface area contributed by atoms with E-state index in [1.165, 1.54) is 11.3 Å². The summed E-state index contributed by atoms with van der Waals surface area (Å²) >= 11 is 3.17. The van der Waals surface area contributed by atoms with Crippen LogP contribution in [0.5, 0.6) is 5.75 Å². The second-order valence-corrected chi connectivity index (χ2v) is 9.00. The zero-order chi connectivity index (χ0) is 21.6. The van der Waals surface area contributed by atoms with Gasteiger partial charge < -0.3 is 4.74 Å². The van der Waals surface area contributed by atoms with Crippen LogP contribution in [-0.4, -0.2) is 39.6 Å². The third-order valence-corrected chi connectivity index (χ3v) is 6.68. The van der Waals surface area contributed by atoms with Gasteiger partial charge in [0.05, 0.1) is 23.4 Å². The number of anilines is 1. The molecule has 4 aromatic rings. The predicted molar refractivity (Wildman–Crippen MR) is 128 cm³/mol. The molecule has 0 aliphatic heterocycles. The Morgan fingerprint density at radius 3 is 2.81 bits per heavy atom. The number of para-hydroxylation sites is 1. The van der Waals surface area contributed by atoms with Crippen LogP contribution in [0.25, 0.3) is 10.2 Å². The molecule has 160 valence electrons. The van der Waals surface area contributed by atoms with Gasteiger partial charge >= 0.3 is 0 Å². The lowest BCUT2D eigenvalue weighted by molar-refractivity contribution is 0.0983. The number of thioether (sulfide) groups is 1. The minimum atomic E-state index is -0.0549. The Balaban J connectivity index is 1.73. The van der Waals surface area contributed by atoms with Crippen LogP contribution in [-0.2, 0) is 6.54 Å². The van der Waals surface area contributed by atoms with E-state index in [4.69, 9.17) is 9.72 Å². The van der Waals surface area contributed by atoms with Crippen molar-refractivity contribution in [1.29, 1.82) is 0 Å². The summed E-state index contributed by atoms with van der Waals surface area (Å²) in [5.41, 5.74) is 1.48. The van der Waals surface area contributed by atoms with Crippen molar-refractivity contribution >= 4 is 44.4 Å². The Kier molecular flexibility index (Phi) is 6.89. The number of ether oxygens (including phenoxy) is 1. The van der Waals surface area contributed by atoms with E-state index in [0.717, 1.165) is 26.6 Å². The van der Waals surface area contributed by atoms with Crippen molar-refractivity contribution in [2.24, 2.45) is 0 Å². The number of benzene rings is 2. The van der Waals surface area contributed by atoms with Gasteiger partial charge in [-0.1, -0.05) is 36.5 Å². The topological polar surface area (TPSA) is 60.2 Å². The third-order valence-electron chi connectivity index (χ3n) is 4.68. The lowest BCUT2D eigenvalue weighted by Crippen LogP contribution is -2.34. The van der Waals surface area contributed by atoms with E-state index in [9.17, 15) is 4.79 Å². The smallest absolute Gasteiger partial charge is 0.261 e. The maximum atomic E-state index is 13.7. The molecule has 0 unspecified atom stereocenters. The molecule has 8 heteroatoms. The molecule has 6 nitrogen and oxygen atoms in total. The summed E-state index contributed by atoms with van der Waals surface area (Å²) in [6, 6.07) is 15.5. The Labute approximate surface area is 189 Å². The Bertz CT molecular complexity index is 1160. The highest BCUT2D eigenvalue weighted by Crippen LogP contribution is 2.35. The van der Waals surface area contributed by atoms with E-state index in [-0.39, 0.29) is 5.91 Å². The van der Waals surface area contributed by atoms with Gasteiger partial charge in [-0.25, -0.2) is 4.98 Å². The lowest BCUT2D eigenvalue weighted by atomic mass is 10.2. The molecule has 2 heterocycles. The van der Waals surface area contributed by atoms with Crippen molar-refractivity contribution in [3.63, 3.8) is 0 Å². The maximum Gasteiger partial charge on any atom is 0.261 e. The highest BCUT2D eigenvalue weighted by Gasteiger charge is 2.24. The van der Waals surface area contributed by atoms with Gasteiger partial charge in [-0.3, -0.25) is 14.4 Å². The molecule has 0 spiro atoms. The fourth-order valence-electron chi connectivity index (χ4n) is 3.29. The molecule has 0 N–H and O–H groups in total. The second-order valence-electron chi connectivity index (χ2n) is 6.69. The number of nitrogens with zero attached hydrogens (tertiary/aromatic N) is 4. The van der Waals surface area contributed by atoms with E-state index in [1.54, 1.807) is 22.9 Å². The summed E-state index contributed by atoms with van der Waals surface area (Å²) in [4.78, 5) is 21.3. The summed E-state index contributed by atoms with van der Waals surface area (Å²) in [5.74, 6) is 1.58. The number of carbonyl (C=O) groups is 1.